The predicted octanol–water partition coefficient (Wildman–Crippen LogP) is 4.21. The topological polar surface area (TPSA) is 29.9 Å². The van der Waals surface area contributed by atoms with Crippen molar-refractivity contribution in [3.05, 3.63) is 38.8 Å². The highest BCUT2D eigenvalue weighted by atomic mass is 35.5. The fourth-order valence-corrected chi connectivity index (χ4v) is 3.49. The molecular formula is C15H22ClN3S. The zero-order valence-electron chi connectivity index (χ0n) is 12.3. The molecule has 0 aliphatic carbocycles. The van der Waals surface area contributed by atoms with E-state index in [1.54, 1.807) is 11.3 Å². The summed E-state index contributed by atoms with van der Waals surface area (Å²) >= 11 is 7.74. The van der Waals surface area contributed by atoms with Crippen molar-refractivity contribution in [3.8, 4) is 0 Å². The predicted molar refractivity (Wildman–Crippen MR) is 86.7 cm³/mol. The van der Waals surface area contributed by atoms with Crippen molar-refractivity contribution in [2.24, 2.45) is 0 Å². The molecule has 0 aliphatic heterocycles. The summed E-state index contributed by atoms with van der Waals surface area (Å²) in [5, 5.41) is 8.15. The Bertz CT molecular complexity index is 547. The summed E-state index contributed by atoms with van der Waals surface area (Å²) in [4.78, 5) is 1.30. The molecule has 2 aromatic heterocycles. The molecule has 0 saturated heterocycles. The zero-order valence-corrected chi connectivity index (χ0v) is 13.9. The van der Waals surface area contributed by atoms with E-state index in [0.29, 0.717) is 6.04 Å². The molecule has 0 radical (unpaired) electrons. The van der Waals surface area contributed by atoms with Gasteiger partial charge in [-0.1, -0.05) is 18.5 Å². The highest BCUT2D eigenvalue weighted by molar-refractivity contribution is 7.16. The lowest BCUT2D eigenvalue weighted by molar-refractivity contribution is 0.508. The highest BCUT2D eigenvalue weighted by Crippen LogP contribution is 2.29. The third-order valence-corrected chi connectivity index (χ3v) is 4.62. The number of rotatable bonds is 7. The van der Waals surface area contributed by atoms with Gasteiger partial charge in [-0.3, -0.25) is 4.68 Å². The standard InChI is InChI=1S/C15H22ClN3S/c1-4-8-17-13(14-6-7-15(16)20-14)10-12-9-11(3)18-19(12)5-2/h6-7,9,13,17H,4-5,8,10H2,1-3H3. The first-order valence-electron chi connectivity index (χ1n) is 7.16. The van der Waals surface area contributed by atoms with Crippen LogP contribution in [0.3, 0.4) is 0 Å². The maximum Gasteiger partial charge on any atom is 0.0931 e. The first-order chi connectivity index (χ1) is 9.63. The molecule has 0 bridgehead atoms. The summed E-state index contributed by atoms with van der Waals surface area (Å²) in [6, 6.07) is 6.60. The van der Waals surface area contributed by atoms with Gasteiger partial charge in [0.25, 0.3) is 0 Å². The summed E-state index contributed by atoms with van der Waals surface area (Å²) in [7, 11) is 0. The van der Waals surface area contributed by atoms with Crippen molar-refractivity contribution in [2.75, 3.05) is 6.54 Å². The molecule has 0 aromatic carbocycles. The van der Waals surface area contributed by atoms with Crippen LogP contribution in [-0.2, 0) is 13.0 Å². The molecule has 0 saturated carbocycles. The van der Waals surface area contributed by atoms with E-state index in [-0.39, 0.29) is 0 Å². The van der Waals surface area contributed by atoms with E-state index in [9.17, 15) is 0 Å². The molecule has 5 heteroatoms. The Hall–Kier alpha value is -0.840. The first kappa shape index (κ1) is 15.5. The summed E-state index contributed by atoms with van der Waals surface area (Å²) < 4.78 is 2.94. The summed E-state index contributed by atoms with van der Waals surface area (Å²) in [5.74, 6) is 0. The van der Waals surface area contributed by atoms with Crippen molar-refractivity contribution in [1.82, 2.24) is 15.1 Å². The molecule has 2 rings (SSSR count). The lowest BCUT2D eigenvalue weighted by Crippen LogP contribution is -2.24. The molecule has 0 aliphatic rings. The second-order valence-electron chi connectivity index (χ2n) is 4.95. The minimum Gasteiger partial charge on any atom is -0.309 e. The molecule has 1 atom stereocenters. The minimum absolute atomic E-state index is 0.314. The summed E-state index contributed by atoms with van der Waals surface area (Å²) in [6.07, 6.45) is 2.08. The van der Waals surface area contributed by atoms with E-state index in [0.717, 1.165) is 36.0 Å². The van der Waals surface area contributed by atoms with E-state index in [4.69, 9.17) is 11.6 Å². The molecule has 1 unspecified atom stereocenters. The largest absolute Gasteiger partial charge is 0.309 e. The molecule has 3 nitrogen and oxygen atoms in total. The van der Waals surface area contributed by atoms with Crippen LogP contribution in [0.1, 0.15) is 42.6 Å². The quantitative estimate of drug-likeness (QED) is 0.830. The molecule has 0 amide bonds. The van der Waals surface area contributed by atoms with Gasteiger partial charge in [0.1, 0.15) is 0 Å². The molecule has 110 valence electrons. The van der Waals surface area contributed by atoms with Gasteiger partial charge < -0.3 is 5.32 Å². The van der Waals surface area contributed by atoms with Gasteiger partial charge in [-0.15, -0.1) is 11.3 Å². The molecule has 20 heavy (non-hydrogen) atoms. The Labute approximate surface area is 130 Å². The summed E-state index contributed by atoms with van der Waals surface area (Å²) in [5.41, 5.74) is 2.36. The van der Waals surface area contributed by atoms with Gasteiger partial charge in [0.15, 0.2) is 0 Å². The lowest BCUT2D eigenvalue weighted by Gasteiger charge is -2.17. The van der Waals surface area contributed by atoms with E-state index < -0.39 is 0 Å². The zero-order chi connectivity index (χ0) is 14.5. The smallest absolute Gasteiger partial charge is 0.0931 e. The van der Waals surface area contributed by atoms with Gasteiger partial charge >= 0.3 is 0 Å². The number of aryl methyl sites for hydroxylation is 2. The Kier molecular flexibility index (Phi) is 5.64. The van der Waals surface area contributed by atoms with Crippen molar-refractivity contribution in [1.29, 1.82) is 0 Å². The van der Waals surface area contributed by atoms with Crippen LogP contribution >= 0.6 is 22.9 Å². The van der Waals surface area contributed by atoms with E-state index >= 15 is 0 Å². The third kappa shape index (κ3) is 3.84. The number of nitrogens with one attached hydrogen (secondary N) is 1. The molecule has 2 heterocycles. The first-order valence-corrected chi connectivity index (χ1v) is 8.35. The van der Waals surface area contributed by atoms with Gasteiger partial charge in [0.2, 0.25) is 0 Å². The fraction of sp³-hybridized carbons (Fsp3) is 0.533. The highest BCUT2D eigenvalue weighted by Gasteiger charge is 2.16. The van der Waals surface area contributed by atoms with Gasteiger partial charge in [-0.05, 0) is 45.0 Å². The number of thiophene rings is 1. The van der Waals surface area contributed by atoms with Gasteiger partial charge in [-0.2, -0.15) is 5.10 Å². The van der Waals surface area contributed by atoms with Crippen LogP contribution in [-0.4, -0.2) is 16.3 Å². The maximum absolute atomic E-state index is 6.08. The summed E-state index contributed by atoms with van der Waals surface area (Å²) in [6.45, 7) is 8.29. The monoisotopic (exact) mass is 311 g/mol. The Morgan fingerprint density at radius 2 is 2.20 bits per heavy atom. The average molecular weight is 312 g/mol. The Morgan fingerprint density at radius 3 is 2.80 bits per heavy atom. The van der Waals surface area contributed by atoms with E-state index in [2.05, 4.69) is 41.1 Å². The van der Waals surface area contributed by atoms with Crippen LogP contribution in [0, 0.1) is 6.92 Å². The number of halogens is 1. The SMILES string of the molecule is CCCNC(Cc1cc(C)nn1CC)c1ccc(Cl)s1. The van der Waals surface area contributed by atoms with E-state index in [1.807, 2.05) is 13.0 Å². The third-order valence-electron chi connectivity index (χ3n) is 3.28. The van der Waals surface area contributed by atoms with Crippen LogP contribution in [0.15, 0.2) is 18.2 Å². The Morgan fingerprint density at radius 1 is 1.40 bits per heavy atom. The lowest BCUT2D eigenvalue weighted by atomic mass is 10.1. The van der Waals surface area contributed by atoms with E-state index in [1.165, 1.54) is 10.6 Å². The van der Waals surface area contributed by atoms with Gasteiger partial charge in [-0.25, -0.2) is 0 Å². The van der Waals surface area contributed by atoms with Gasteiger partial charge in [0.05, 0.1) is 10.0 Å². The second-order valence-corrected chi connectivity index (χ2v) is 6.69. The average Bonchev–Trinajstić information content (AvgIpc) is 3.00. The van der Waals surface area contributed by atoms with Gasteiger partial charge in [0, 0.05) is 29.6 Å². The van der Waals surface area contributed by atoms with Crippen molar-refractivity contribution in [2.45, 2.75) is 46.2 Å². The van der Waals surface area contributed by atoms with Crippen LogP contribution < -0.4 is 5.32 Å². The molecular weight excluding hydrogens is 290 g/mol. The van der Waals surface area contributed by atoms with Crippen molar-refractivity contribution >= 4 is 22.9 Å². The molecule has 0 fully saturated rings. The van der Waals surface area contributed by atoms with Crippen LogP contribution in [0.4, 0.5) is 0 Å². The molecule has 1 N–H and O–H groups in total. The maximum atomic E-state index is 6.08. The van der Waals surface area contributed by atoms with Crippen LogP contribution in [0.5, 0.6) is 0 Å². The van der Waals surface area contributed by atoms with Crippen LogP contribution in [0.2, 0.25) is 4.34 Å². The number of nitrogens with zero attached hydrogens (tertiary/aromatic N) is 2. The Balaban J connectivity index is 2.18. The molecule has 0 spiro atoms. The van der Waals surface area contributed by atoms with Crippen molar-refractivity contribution in [3.63, 3.8) is 0 Å². The van der Waals surface area contributed by atoms with Crippen LogP contribution in [0.25, 0.3) is 0 Å². The number of hydrogen-bond donors (Lipinski definition) is 1. The minimum atomic E-state index is 0.314. The fourth-order valence-electron chi connectivity index (χ4n) is 2.35. The number of aromatic nitrogens is 2. The number of hydrogen-bond acceptors (Lipinski definition) is 3. The second kappa shape index (κ2) is 7.25. The molecule has 2 aromatic rings. The normalized spacial score (nSPS) is 12.8. The van der Waals surface area contributed by atoms with Crippen molar-refractivity contribution < 1.29 is 0 Å².